The molecule has 11 heteroatoms. The Labute approximate surface area is 202 Å². The largest absolute Gasteiger partial charge is 0.449 e. The molecule has 0 aliphatic carbocycles. The molecule has 2 aromatic rings. The first-order chi connectivity index (χ1) is 16.9. The van der Waals surface area contributed by atoms with Gasteiger partial charge in [-0.3, -0.25) is 28.9 Å². The average Bonchev–Trinajstić information content (AvgIpc) is 3.10. The predicted octanol–water partition coefficient (Wildman–Crippen LogP) is 0.116. The van der Waals surface area contributed by atoms with Crippen molar-refractivity contribution in [2.45, 2.75) is 31.4 Å². The van der Waals surface area contributed by atoms with Crippen molar-refractivity contribution in [3.05, 3.63) is 34.2 Å². The van der Waals surface area contributed by atoms with Crippen LogP contribution in [0.4, 0.5) is 4.79 Å². The van der Waals surface area contributed by atoms with Crippen LogP contribution < -0.4 is 16.3 Å². The molecule has 1 aromatic carbocycles. The van der Waals surface area contributed by atoms with Crippen molar-refractivity contribution in [2.24, 2.45) is 7.05 Å². The van der Waals surface area contributed by atoms with Gasteiger partial charge in [-0.1, -0.05) is 17.9 Å². The normalized spacial score (nSPS) is 20.7. The number of aryl methyl sites for hydroxylation is 1. The third-order valence-electron chi connectivity index (χ3n) is 6.25. The first kappa shape index (κ1) is 24.5. The maximum atomic E-state index is 13.0. The minimum absolute atomic E-state index is 0.0398. The molecular weight excluding hydrogens is 454 g/mol. The summed E-state index contributed by atoms with van der Waals surface area (Å²) in [4.78, 5) is 50.3. The van der Waals surface area contributed by atoms with Gasteiger partial charge in [-0.05, 0) is 18.6 Å². The van der Waals surface area contributed by atoms with Gasteiger partial charge in [0, 0.05) is 40.0 Å². The molecule has 1 unspecified atom stereocenters. The van der Waals surface area contributed by atoms with Crippen molar-refractivity contribution < 1.29 is 23.9 Å². The zero-order valence-corrected chi connectivity index (χ0v) is 19.8. The highest BCUT2D eigenvalue weighted by atomic mass is 16.5. The number of rotatable bonds is 5. The molecule has 0 bridgehead atoms. The Morgan fingerprint density at radius 1 is 1.31 bits per heavy atom. The Kier molecular flexibility index (Phi) is 7.53. The summed E-state index contributed by atoms with van der Waals surface area (Å²) in [5.41, 5.74) is 1.64. The molecule has 35 heavy (non-hydrogen) atoms. The van der Waals surface area contributed by atoms with Gasteiger partial charge in [-0.25, -0.2) is 9.59 Å². The molecular formula is C24H29N5O6. The van der Waals surface area contributed by atoms with Crippen molar-refractivity contribution in [3.63, 3.8) is 0 Å². The number of aromatic nitrogens is 2. The zero-order chi connectivity index (χ0) is 24.9. The van der Waals surface area contributed by atoms with Crippen LogP contribution in [0, 0.1) is 11.8 Å². The number of benzene rings is 1. The lowest BCUT2D eigenvalue weighted by atomic mass is 10.1. The fourth-order valence-corrected chi connectivity index (χ4v) is 4.47. The summed E-state index contributed by atoms with van der Waals surface area (Å²) in [5.74, 6) is 5.59. The van der Waals surface area contributed by atoms with Gasteiger partial charge < -0.3 is 14.8 Å². The second-order valence-electron chi connectivity index (χ2n) is 8.56. The maximum Gasteiger partial charge on any atom is 0.406 e. The lowest BCUT2D eigenvalue weighted by Gasteiger charge is -2.31. The first-order valence-corrected chi connectivity index (χ1v) is 11.6. The summed E-state index contributed by atoms with van der Waals surface area (Å²) >= 11 is 0. The molecule has 0 radical (unpaired) electrons. The number of morpholine rings is 1. The second kappa shape index (κ2) is 10.8. The van der Waals surface area contributed by atoms with Crippen molar-refractivity contribution in [1.29, 1.82) is 0 Å². The molecule has 2 aliphatic heterocycles. The van der Waals surface area contributed by atoms with E-state index in [1.165, 1.54) is 16.2 Å². The van der Waals surface area contributed by atoms with Crippen LogP contribution in [0.5, 0.6) is 0 Å². The van der Waals surface area contributed by atoms with Crippen LogP contribution in [-0.2, 0) is 26.1 Å². The van der Waals surface area contributed by atoms with Crippen molar-refractivity contribution in [2.75, 3.05) is 39.9 Å². The van der Waals surface area contributed by atoms with Crippen LogP contribution >= 0.6 is 0 Å². The summed E-state index contributed by atoms with van der Waals surface area (Å²) in [7, 11) is 3.17. The summed E-state index contributed by atoms with van der Waals surface area (Å²) < 4.78 is 13.7. The number of carbonyl (C=O) groups is 3. The third kappa shape index (κ3) is 5.39. The van der Waals surface area contributed by atoms with Gasteiger partial charge in [0.15, 0.2) is 0 Å². The van der Waals surface area contributed by atoms with E-state index in [-0.39, 0.29) is 37.1 Å². The smallest absolute Gasteiger partial charge is 0.406 e. The van der Waals surface area contributed by atoms with E-state index in [1.807, 2.05) is 12.1 Å². The van der Waals surface area contributed by atoms with Gasteiger partial charge in [0.2, 0.25) is 11.8 Å². The number of amides is 3. The molecule has 11 nitrogen and oxygen atoms in total. The summed E-state index contributed by atoms with van der Waals surface area (Å²) in [6.07, 6.45) is 0.580. The summed E-state index contributed by atoms with van der Waals surface area (Å²) in [5, 5.41) is 4.73. The number of ether oxygens (including phenoxy) is 2. The predicted molar refractivity (Wildman–Crippen MR) is 127 cm³/mol. The van der Waals surface area contributed by atoms with Gasteiger partial charge >= 0.3 is 11.8 Å². The van der Waals surface area contributed by atoms with E-state index in [9.17, 15) is 19.2 Å². The second-order valence-corrected chi connectivity index (χ2v) is 8.56. The van der Waals surface area contributed by atoms with E-state index in [2.05, 4.69) is 27.4 Å². The number of alkyl carbamates (subject to hydrolysis) is 1. The van der Waals surface area contributed by atoms with Gasteiger partial charge in [0.05, 0.1) is 42.5 Å². The number of nitrogens with one attached hydrogen (secondary N) is 2. The Balaban J connectivity index is 1.48. The number of para-hydroxylation sites is 1. The van der Waals surface area contributed by atoms with Crippen LogP contribution in [0.25, 0.3) is 11.0 Å². The van der Waals surface area contributed by atoms with Gasteiger partial charge in [0.1, 0.15) is 6.04 Å². The first-order valence-electron chi connectivity index (χ1n) is 11.6. The van der Waals surface area contributed by atoms with E-state index in [0.29, 0.717) is 42.7 Å². The number of carbonyl (C=O) groups excluding carboxylic acids is 3. The molecule has 2 fully saturated rings. The highest BCUT2D eigenvalue weighted by molar-refractivity contribution is 6.00. The Morgan fingerprint density at radius 3 is 2.91 bits per heavy atom. The molecule has 4 rings (SSSR count). The number of nitrogens with zero attached hydrogens (tertiary/aromatic N) is 3. The van der Waals surface area contributed by atoms with Crippen LogP contribution in [0.3, 0.4) is 0 Å². The molecule has 2 saturated heterocycles. The molecule has 0 saturated carbocycles. The third-order valence-corrected chi connectivity index (χ3v) is 6.25. The van der Waals surface area contributed by atoms with E-state index in [1.54, 1.807) is 13.1 Å². The van der Waals surface area contributed by atoms with Crippen molar-refractivity contribution >= 4 is 28.9 Å². The van der Waals surface area contributed by atoms with Crippen LogP contribution in [-0.4, -0.2) is 77.9 Å². The number of imide groups is 1. The van der Waals surface area contributed by atoms with E-state index in [0.717, 1.165) is 6.54 Å². The lowest BCUT2D eigenvalue weighted by Crippen LogP contribution is -2.44. The molecule has 0 spiro atoms. The number of imidazole rings is 1. The topological polar surface area (TPSA) is 124 Å². The standard InChI is InChI=1S/C24H29N5O6/c1-25-23(32)35-13-10-17-15-28(12-14-34-17)11-4-6-16-5-3-7-18-21(16)27(2)24(33)29(18)19-8-9-20(30)26-22(19)31/h3,5,7,17,19H,8-15H2,1-2H3,(H,25,32)(H,26,30,31)/t17-,19?/m1/s1. The summed E-state index contributed by atoms with van der Waals surface area (Å²) in [6.45, 7) is 2.81. The van der Waals surface area contributed by atoms with Crippen LogP contribution in [0.2, 0.25) is 0 Å². The minimum Gasteiger partial charge on any atom is -0.449 e. The van der Waals surface area contributed by atoms with Gasteiger partial charge in [-0.15, -0.1) is 0 Å². The van der Waals surface area contributed by atoms with E-state index >= 15 is 0 Å². The fraction of sp³-hybridized carbons (Fsp3) is 0.500. The molecule has 2 N–H and O–H groups in total. The molecule has 3 heterocycles. The number of fused-ring (bicyclic) bond motifs is 1. The zero-order valence-electron chi connectivity index (χ0n) is 19.8. The van der Waals surface area contributed by atoms with Gasteiger partial charge in [-0.2, -0.15) is 0 Å². The molecule has 2 aliphatic rings. The van der Waals surface area contributed by atoms with Crippen molar-refractivity contribution in [1.82, 2.24) is 24.7 Å². The highest BCUT2D eigenvalue weighted by Crippen LogP contribution is 2.24. The fourth-order valence-electron chi connectivity index (χ4n) is 4.47. The molecule has 3 amide bonds. The summed E-state index contributed by atoms with van der Waals surface area (Å²) in [6, 6.07) is 4.72. The molecule has 186 valence electrons. The monoisotopic (exact) mass is 483 g/mol. The van der Waals surface area contributed by atoms with Crippen molar-refractivity contribution in [3.8, 4) is 11.8 Å². The number of hydrogen-bond acceptors (Lipinski definition) is 7. The van der Waals surface area contributed by atoms with Gasteiger partial charge in [0.25, 0.3) is 0 Å². The lowest BCUT2D eigenvalue weighted by molar-refractivity contribution is -0.135. The Bertz CT molecular complexity index is 1250. The molecule has 2 atom stereocenters. The minimum atomic E-state index is -0.732. The number of piperidine rings is 1. The average molecular weight is 484 g/mol. The quantitative estimate of drug-likeness (QED) is 0.457. The Hall–Kier alpha value is -3.62. The maximum absolute atomic E-state index is 13.0. The van der Waals surface area contributed by atoms with E-state index in [4.69, 9.17) is 9.47 Å². The SMILES string of the molecule is CNC(=O)OCC[C@@H]1CN(CC#Cc2cccc3c2n(C)c(=O)n3C2CCC(=O)NC2=O)CCO1. The Morgan fingerprint density at radius 2 is 2.14 bits per heavy atom. The van der Waals surface area contributed by atoms with E-state index < -0.39 is 18.0 Å². The molecule has 1 aromatic heterocycles. The highest BCUT2D eigenvalue weighted by Gasteiger charge is 2.31. The van der Waals surface area contributed by atoms with Crippen LogP contribution in [0.1, 0.15) is 30.9 Å². The van der Waals surface area contributed by atoms with Crippen LogP contribution in [0.15, 0.2) is 23.0 Å². The number of hydrogen-bond donors (Lipinski definition) is 2.